The van der Waals surface area contributed by atoms with Crippen molar-refractivity contribution >= 4 is 34.7 Å². The maximum Gasteiger partial charge on any atom is 0.267 e. The van der Waals surface area contributed by atoms with Crippen LogP contribution in [0.2, 0.25) is 0 Å². The molecule has 2 aromatic rings. The van der Waals surface area contributed by atoms with E-state index in [0.29, 0.717) is 22.4 Å². The molecule has 0 radical (unpaired) electrons. The first-order valence-electron chi connectivity index (χ1n) is 7.15. The number of aromatic nitrogens is 2. The number of aliphatic imine (C=N–C) groups is 1. The molecule has 23 heavy (non-hydrogen) atoms. The summed E-state index contributed by atoms with van der Waals surface area (Å²) in [6, 6.07) is 9.44. The fourth-order valence-corrected chi connectivity index (χ4v) is 3.13. The van der Waals surface area contributed by atoms with Gasteiger partial charge < -0.3 is 4.98 Å². The first-order chi connectivity index (χ1) is 11.2. The van der Waals surface area contributed by atoms with Crippen molar-refractivity contribution in [3.8, 4) is 0 Å². The SMILES string of the molecule is C=CCN1C(=O)/C(=C\c2ccc[nH]2)S/C1=N/c1cccc(C)n1. The monoisotopic (exact) mass is 324 g/mol. The minimum atomic E-state index is -0.0732. The van der Waals surface area contributed by atoms with E-state index < -0.39 is 0 Å². The maximum absolute atomic E-state index is 12.6. The highest BCUT2D eigenvalue weighted by atomic mass is 32.2. The Labute approximate surface area is 138 Å². The molecule has 3 rings (SSSR count). The number of aryl methyl sites for hydroxylation is 1. The van der Waals surface area contributed by atoms with E-state index in [1.54, 1.807) is 11.0 Å². The zero-order valence-corrected chi connectivity index (χ0v) is 13.5. The molecular weight excluding hydrogens is 308 g/mol. The minimum absolute atomic E-state index is 0.0732. The average Bonchev–Trinajstić information content (AvgIpc) is 3.12. The number of amidine groups is 1. The van der Waals surface area contributed by atoms with E-state index in [-0.39, 0.29) is 5.91 Å². The predicted octanol–water partition coefficient (Wildman–Crippen LogP) is 3.51. The van der Waals surface area contributed by atoms with Crippen molar-refractivity contribution in [2.45, 2.75) is 6.92 Å². The lowest BCUT2D eigenvalue weighted by Crippen LogP contribution is -2.29. The van der Waals surface area contributed by atoms with E-state index >= 15 is 0 Å². The number of carbonyl (C=O) groups is 1. The Kier molecular flexibility index (Phi) is 4.43. The molecule has 0 aromatic carbocycles. The van der Waals surface area contributed by atoms with Crippen molar-refractivity contribution in [3.63, 3.8) is 0 Å². The second kappa shape index (κ2) is 6.66. The topological polar surface area (TPSA) is 61.4 Å². The van der Waals surface area contributed by atoms with Gasteiger partial charge in [0.2, 0.25) is 0 Å². The van der Waals surface area contributed by atoms with Crippen molar-refractivity contribution in [1.29, 1.82) is 0 Å². The van der Waals surface area contributed by atoms with Gasteiger partial charge in [-0.3, -0.25) is 9.69 Å². The van der Waals surface area contributed by atoms with Gasteiger partial charge in [-0.2, -0.15) is 0 Å². The number of amides is 1. The lowest BCUT2D eigenvalue weighted by Gasteiger charge is -2.12. The Morgan fingerprint density at radius 2 is 2.26 bits per heavy atom. The number of carbonyl (C=O) groups excluding carboxylic acids is 1. The summed E-state index contributed by atoms with van der Waals surface area (Å²) < 4.78 is 0. The Hall–Kier alpha value is -2.60. The highest BCUT2D eigenvalue weighted by molar-refractivity contribution is 8.18. The number of thioether (sulfide) groups is 1. The van der Waals surface area contributed by atoms with Crippen LogP contribution >= 0.6 is 11.8 Å². The molecule has 116 valence electrons. The summed E-state index contributed by atoms with van der Waals surface area (Å²) in [6.07, 6.45) is 5.34. The van der Waals surface area contributed by atoms with Gasteiger partial charge in [-0.25, -0.2) is 9.98 Å². The number of hydrogen-bond donors (Lipinski definition) is 1. The van der Waals surface area contributed by atoms with Gasteiger partial charge in [0.05, 0.1) is 4.91 Å². The van der Waals surface area contributed by atoms with Crippen LogP contribution in [-0.2, 0) is 4.79 Å². The molecule has 2 aromatic heterocycles. The molecule has 1 N–H and O–H groups in total. The molecule has 6 heteroatoms. The summed E-state index contributed by atoms with van der Waals surface area (Å²) >= 11 is 1.35. The van der Waals surface area contributed by atoms with Crippen LogP contribution in [0, 0.1) is 6.92 Å². The number of nitrogens with zero attached hydrogens (tertiary/aromatic N) is 3. The number of rotatable bonds is 4. The summed E-state index contributed by atoms with van der Waals surface area (Å²) in [4.78, 5) is 26.8. The van der Waals surface area contributed by atoms with E-state index in [9.17, 15) is 4.79 Å². The Balaban J connectivity index is 1.95. The quantitative estimate of drug-likeness (QED) is 0.691. The van der Waals surface area contributed by atoms with Gasteiger partial charge >= 0.3 is 0 Å². The van der Waals surface area contributed by atoms with Crippen LogP contribution in [0.15, 0.2) is 59.1 Å². The third kappa shape index (κ3) is 3.43. The van der Waals surface area contributed by atoms with Crippen molar-refractivity contribution in [1.82, 2.24) is 14.9 Å². The van der Waals surface area contributed by atoms with Gasteiger partial charge in [0, 0.05) is 24.1 Å². The summed E-state index contributed by atoms with van der Waals surface area (Å²) in [6.45, 7) is 6.04. The molecule has 1 saturated heterocycles. The molecule has 1 aliphatic rings. The molecule has 0 aliphatic carbocycles. The van der Waals surface area contributed by atoms with Gasteiger partial charge in [-0.05, 0) is 49.0 Å². The maximum atomic E-state index is 12.6. The Morgan fingerprint density at radius 1 is 1.39 bits per heavy atom. The van der Waals surface area contributed by atoms with Crippen LogP contribution in [-0.4, -0.2) is 32.5 Å². The minimum Gasteiger partial charge on any atom is -0.362 e. The fourth-order valence-electron chi connectivity index (χ4n) is 2.15. The van der Waals surface area contributed by atoms with Crippen LogP contribution in [0.4, 0.5) is 5.82 Å². The number of H-pyrrole nitrogens is 1. The summed E-state index contributed by atoms with van der Waals surface area (Å²) in [7, 11) is 0. The van der Waals surface area contributed by atoms with Gasteiger partial charge in [-0.15, -0.1) is 6.58 Å². The predicted molar refractivity (Wildman–Crippen MR) is 94.3 cm³/mol. The first-order valence-corrected chi connectivity index (χ1v) is 7.97. The van der Waals surface area contributed by atoms with Crippen LogP contribution in [0.5, 0.6) is 0 Å². The second-order valence-corrected chi connectivity index (χ2v) is 5.98. The molecule has 0 unspecified atom stereocenters. The third-order valence-corrected chi connectivity index (χ3v) is 4.20. The molecule has 0 spiro atoms. The molecule has 0 atom stereocenters. The number of nitrogens with one attached hydrogen (secondary N) is 1. The number of hydrogen-bond acceptors (Lipinski definition) is 4. The largest absolute Gasteiger partial charge is 0.362 e. The fraction of sp³-hybridized carbons (Fsp3) is 0.118. The number of aromatic amines is 1. The normalized spacial score (nSPS) is 18.1. The van der Waals surface area contributed by atoms with Crippen molar-refractivity contribution in [3.05, 3.63) is 65.5 Å². The highest BCUT2D eigenvalue weighted by Crippen LogP contribution is 2.33. The molecule has 0 saturated carbocycles. The van der Waals surface area contributed by atoms with Crippen molar-refractivity contribution < 1.29 is 4.79 Å². The van der Waals surface area contributed by atoms with Crippen LogP contribution < -0.4 is 0 Å². The van der Waals surface area contributed by atoms with Crippen LogP contribution in [0.3, 0.4) is 0 Å². The molecule has 1 aliphatic heterocycles. The first kappa shape index (κ1) is 15.3. The van der Waals surface area contributed by atoms with Gasteiger partial charge in [0.1, 0.15) is 0 Å². The van der Waals surface area contributed by atoms with Gasteiger partial charge in [0.25, 0.3) is 5.91 Å². The van der Waals surface area contributed by atoms with E-state index in [0.717, 1.165) is 11.4 Å². The summed E-state index contributed by atoms with van der Waals surface area (Å²) in [5.74, 6) is 0.520. The molecule has 1 fully saturated rings. The van der Waals surface area contributed by atoms with E-state index in [2.05, 4.69) is 21.5 Å². The molecule has 5 nitrogen and oxygen atoms in total. The molecular formula is C17H16N4OS. The van der Waals surface area contributed by atoms with Crippen LogP contribution in [0.1, 0.15) is 11.4 Å². The second-order valence-electron chi connectivity index (χ2n) is 4.97. The summed E-state index contributed by atoms with van der Waals surface area (Å²) in [5.41, 5.74) is 1.77. The zero-order chi connectivity index (χ0) is 16.2. The standard InChI is InChI=1S/C17H16N4OS/c1-3-10-21-16(22)14(11-13-7-5-9-18-13)23-17(21)20-15-8-4-6-12(2)19-15/h3-9,11,18H,1,10H2,2H3/b14-11+,20-17+. The van der Waals surface area contributed by atoms with Crippen molar-refractivity contribution in [2.24, 2.45) is 4.99 Å². The Morgan fingerprint density at radius 3 is 2.96 bits per heavy atom. The third-order valence-electron chi connectivity index (χ3n) is 3.19. The molecule has 0 bridgehead atoms. The lowest BCUT2D eigenvalue weighted by molar-refractivity contribution is -0.121. The number of pyridine rings is 1. The van der Waals surface area contributed by atoms with E-state index in [4.69, 9.17) is 0 Å². The van der Waals surface area contributed by atoms with E-state index in [1.807, 2.05) is 49.5 Å². The molecule has 3 heterocycles. The van der Waals surface area contributed by atoms with Gasteiger partial charge in [-0.1, -0.05) is 12.1 Å². The Bertz CT molecular complexity index is 793. The molecule has 1 amide bonds. The highest BCUT2D eigenvalue weighted by Gasteiger charge is 2.32. The van der Waals surface area contributed by atoms with E-state index in [1.165, 1.54) is 11.8 Å². The zero-order valence-electron chi connectivity index (χ0n) is 12.7. The summed E-state index contributed by atoms with van der Waals surface area (Å²) in [5, 5.41) is 0.616. The average molecular weight is 324 g/mol. The van der Waals surface area contributed by atoms with Crippen LogP contribution in [0.25, 0.3) is 6.08 Å². The lowest BCUT2D eigenvalue weighted by atomic mass is 10.3. The van der Waals surface area contributed by atoms with Crippen molar-refractivity contribution in [2.75, 3.05) is 6.54 Å². The smallest absolute Gasteiger partial charge is 0.267 e. The van der Waals surface area contributed by atoms with Gasteiger partial charge in [0.15, 0.2) is 11.0 Å².